The van der Waals surface area contributed by atoms with Crippen LogP contribution in [0, 0.1) is 0 Å². The number of aromatic amines is 1. The molecule has 3 rings (SSSR count). The van der Waals surface area contributed by atoms with Gasteiger partial charge in [-0.3, -0.25) is 4.79 Å². The van der Waals surface area contributed by atoms with E-state index < -0.39 is 5.60 Å². The summed E-state index contributed by atoms with van der Waals surface area (Å²) in [6.45, 7) is 8.53. The second-order valence-corrected chi connectivity index (χ2v) is 7.98. The van der Waals surface area contributed by atoms with Crippen molar-refractivity contribution in [1.29, 1.82) is 0 Å². The molecule has 0 fully saturated rings. The summed E-state index contributed by atoms with van der Waals surface area (Å²) in [4.78, 5) is 34.4. The Morgan fingerprint density at radius 2 is 1.85 bits per heavy atom. The van der Waals surface area contributed by atoms with Crippen molar-refractivity contribution < 1.29 is 9.53 Å². The average Bonchev–Trinajstić information content (AvgIpc) is 2.83. The van der Waals surface area contributed by atoms with Crippen molar-refractivity contribution in [1.82, 2.24) is 14.9 Å². The van der Waals surface area contributed by atoms with Gasteiger partial charge in [0.25, 0.3) is 5.56 Å². The number of H-pyrrole nitrogens is 1. The Bertz CT molecular complexity index is 868. The number of ether oxygens (including phenoxy) is 1. The van der Waals surface area contributed by atoms with Gasteiger partial charge in [-0.15, -0.1) is 0 Å². The molecule has 0 spiro atoms. The Labute approximate surface area is 159 Å². The molecule has 2 aromatic rings. The Morgan fingerprint density at radius 1 is 1.19 bits per heavy atom. The number of nitrogens with one attached hydrogen (secondary N) is 1. The van der Waals surface area contributed by atoms with Crippen LogP contribution in [-0.2, 0) is 17.6 Å². The lowest BCUT2D eigenvalue weighted by atomic mass is 10.00. The van der Waals surface area contributed by atoms with Crippen molar-refractivity contribution >= 4 is 6.09 Å². The Kier molecular flexibility index (Phi) is 5.35. The highest BCUT2D eigenvalue weighted by Gasteiger charge is 2.26. The first-order valence-corrected chi connectivity index (χ1v) is 9.39. The van der Waals surface area contributed by atoms with E-state index in [1.54, 1.807) is 4.90 Å². The molecule has 1 aromatic heterocycles. The van der Waals surface area contributed by atoms with Gasteiger partial charge < -0.3 is 14.6 Å². The van der Waals surface area contributed by atoms with Crippen LogP contribution < -0.4 is 5.56 Å². The highest BCUT2D eigenvalue weighted by molar-refractivity contribution is 5.68. The maximum Gasteiger partial charge on any atom is 0.410 e. The minimum Gasteiger partial charge on any atom is -0.444 e. The molecule has 1 atom stereocenters. The predicted molar refractivity (Wildman–Crippen MR) is 104 cm³/mol. The largest absolute Gasteiger partial charge is 0.444 e. The number of nitrogens with zero attached hydrogens (tertiary/aromatic N) is 2. The topological polar surface area (TPSA) is 75.3 Å². The van der Waals surface area contributed by atoms with Crippen molar-refractivity contribution in [2.75, 3.05) is 13.1 Å². The summed E-state index contributed by atoms with van der Waals surface area (Å²) in [5.41, 5.74) is 1.91. The third kappa shape index (κ3) is 4.56. The fraction of sp³-hybridized carbons (Fsp3) is 0.476. The Morgan fingerprint density at radius 3 is 2.52 bits per heavy atom. The van der Waals surface area contributed by atoms with Crippen LogP contribution >= 0.6 is 0 Å². The lowest BCUT2D eigenvalue weighted by molar-refractivity contribution is 0.0258. The molecule has 0 aliphatic carbocycles. The summed E-state index contributed by atoms with van der Waals surface area (Å²) in [5.74, 6) is 0.657. The first kappa shape index (κ1) is 19.1. The van der Waals surface area contributed by atoms with Crippen LogP contribution in [0.3, 0.4) is 0 Å². The summed E-state index contributed by atoms with van der Waals surface area (Å²) in [7, 11) is 0. The molecule has 6 nitrogen and oxygen atoms in total. The number of hydrogen-bond acceptors (Lipinski definition) is 4. The first-order valence-electron chi connectivity index (χ1n) is 9.39. The maximum atomic E-state index is 12.6. The van der Waals surface area contributed by atoms with Crippen LogP contribution in [0.5, 0.6) is 0 Å². The molecule has 1 N–H and O–H groups in total. The quantitative estimate of drug-likeness (QED) is 0.882. The molecule has 2 heterocycles. The van der Waals surface area contributed by atoms with Gasteiger partial charge in [-0.2, -0.15) is 0 Å². The fourth-order valence-corrected chi connectivity index (χ4v) is 3.24. The molecule has 1 aromatic carbocycles. The zero-order valence-electron chi connectivity index (χ0n) is 16.4. The smallest absolute Gasteiger partial charge is 0.410 e. The van der Waals surface area contributed by atoms with Crippen LogP contribution in [0.25, 0.3) is 0 Å². The molecular weight excluding hydrogens is 342 g/mol. The number of carbonyl (C=O) groups excluding carboxylic acids is 1. The standard InChI is InChI=1S/C21H27N3O3/c1-14(15-8-6-5-7-9-15)18-22-17-11-13-24(20(26)27-21(2,3)4)12-10-16(17)19(25)23-18/h5-9,14H,10-13H2,1-4H3,(H,22,23,25). The van der Waals surface area contributed by atoms with E-state index in [4.69, 9.17) is 9.72 Å². The highest BCUT2D eigenvalue weighted by Crippen LogP contribution is 2.22. The van der Waals surface area contributed by atoms with Crippen molar-refractivity contribution in [3.63, 3.8) is 0 Å². The number of benzene rings is 1. The van der Waals surface area contributed by atoms with Gasteiger partial charge >= 0.3 is 6.09 Å². The van der Waals surface area contributed by atoms with E-state index in [1.807, 2.05) is 58.0 Å². The van der Waals surface area contributed by atoms with Gasteiger partial charge in [0.05, 0.1) is 5.69 Å². The molecule has 6 heteroatoms. The van der Waals surface area contributed by atoms with Crippen LogP contribution in [0.1, 0.15) is 56.3 Å². The first-order chi connectivity index (χ1) is 12.7. The van der Waals surface area contributed by atoms with Crippen molar-refractivity contribution in [2.24, 2.45) is 0 Å². The van der Waals surface area contributed by atoms with Gasteiger partial charge in [0.15, 0.2) is 0 Å². The second-order valence-electron chi connectivity index (χ2n) is 7.98. The number of hydrogen-bond donors (Lipinski definition) is 1. The molecule has 27 heavy (non-hydrogen) atoms. The van der Waals surface area contributed by atoms with Crippen LogP contribution in [-0.4, -0.2) is 39.7 Å². The lowest BCUT2D eigenvalue weighted by Crippen LogP contribution is -2.38. The summed E-state index contributed by atoms with van der Waals surface area (Å²) < 4.78 is 5.46. The number of aromatic nitrogens is 2. The zero-order chi connectivity index (χ0) is 19.6. The van der Waals surface area contributed by atoms with E-state index in [9.17, 15) is 9.59 Å². The van der Waals surface area contributed by atoms with E-state index in [0.29, 0.717) is 37.3 Å². The monoisotopic (exact) mass is 369 g/mol. The summed E-state index contributed by atoms with van der Waals surface area (Å²) in [6, 6.07) is 9.98. The van der Waals surface area contributed by atoms with E-state index in [2.05, 4.69) is 4.98 Å². The predicted octanol–water partition coefficient (Wildman–Crippen LogP) is 3.26. The minimum absolute atomic E-state index is 0.00517. The Hall–Kier alpha value is -2.63. The highest BCUT2D eigenvalue weighted by atomic mass is 16.6. The van der Waals surface area contributed by atoms with Crippen LogP contribution in [0.4, 0.5) is 4.79 Å². The van der Waals surface area contributed by atoms with Crippen molar-refractivity contribution in [2.45, 2.75) is 52.1 Å². The number of rotatable bonds is 2. The minimum atomic E-state index is -0.537. The zero-order valence-corrected chi connectivity index (χ0v) is 16.4. The molecule has 1 unspecified atom stereocenters. The normalized spacial score (nSPS) is 15.6. The van der Waals surface area contributed by atoms with E-state index in [0.717, 1.165) is 11.3 Å². The van der Waals surface area contributed by atoms with E-state index in [-0.39, 0.29) is 17.6 Å². The molecule has 1 aliphatic heterocycles. The SMILES string of the molecule is CC(c1ccccc1)c1nc2c(c(=O)[nH]1)CCN(C(=O)OC(C)(C)C)CC2. The van der Waals surface area contributed by atoms with Crippen LogP contribution in [0.2, 0.25) is 0 Å². The third-order valence-electron chi connectivity index (χ3n) is 4.73. The molecule has 1 aliphatic rings. The molecule has 144 valence electrons. The number of fused-ring (bicyclic) bond motifs is 1. The van der Waals surface area contributed by atoms with Crippen LogP contribution in [0.15, 0.2) is 35.1 Å². The molecular formula is C21H27N3O3. The summed E-state index contributed by atoms with van der Waals surface area (Å²) >= 11 is 0. The maximum absolute atomic E-state index is 12.6. The molecule has 0 saturated heterocycles. The summed E-state index contributed by atoms with van der Waals surface area (Å²) in [6.07, 6.45) is 0.689. The van der Waals surface area contributed by atoms with E-state index in [1.165, 1.54) is 0 Å². The van der Waals surface area contributed by atoms with Gasteiger partial charge in [-0.05, 0) is 32.8 Å². The number of amides is 1. The van der Waals surface area contributed by atoms with Gasteiger partial charge in [0.1, 0.15) is 11.4 Å². The van der Waals surface area contributed by atoms with Crippen molar-refractivity contribution in [3.05, 3.63) is 63.3 Å². The summed E-state index contributed by atoms with van der Waals surface area (Å²) in [5, 5.41) is 0. The van der Waals surface area contributed by atoms with Gasteiger partial charge in [0.2, 0.25) is 0 Å². The van der Waals surface area contributed by atoms with E-state index >= 15 is 0 Å². The van der Waals surface area contributed by atoms with Gasteiger partial charge in [-0.25, -0.2) is 9.78 Å². The van der Waals surface area contributed by atoms with Gasteiger partial charge in [0, 0.05) is 31.0 Å². The fourth-order valence-electron chi connectivity index (χ4n) is 3.24. The molecule has 0 bridgehead atoms. The lowest BCUT2D eigenvalue weighted by Gasteiger charge is -2.26. The number of carbonyl (C=O) groups is 1. The van der Waals surface area contributed by atoms with Gasteiger partial charge in [-0.1, -0.05) is 37.3 Å². The Balaban J connectivity index is 1.82. The third-order valence-corrected chi connectivity index (χ3v) is 4.73. The molecule has 1 amide bonds. The van der Waals surface area contributed by atoms with Crippen molar-refractivity contribution in [3.8, 4) is 0 Å². The molecule has 0 saturated carbocycles. The second kappa shape index (κ2) is 7.55. The average molecular weight is 369 g/mol. The molecule has 0 radical (unpaired) electrons.